The molecule has 0 aliphatic heterocycles. The molecule has 3 N–H and O–H groups in total. The Morgan fingerprint density at radius 2 is 2.42 bits per heavy atom. The van der Waals surface area contributed by atoms with Crippen molar-refractivity contribution >= 4 is 11.6 Å². The predicted octanol–water partition coefficient (Wildman–Crippen LogP) is -0.692. The lowest BCUT2D eigenvalue weighted by atomic mass is 10.3. The molecule has 0 radical (unpaired) electrons. The highest BCUT2D eigenvalue weighted by Gasteiger charge is 2.05. The van der Waals surface area contributed by atoms with E-state index < -0.39 is 0 Å². The topological polar surface area (TPSA) is 89.1 Å². The first-order valence-electron chi connectivity index (χ1n) is 3.38. The fourth-order valence-corrected chi connectivity index (χ4v) is 0.974. The number of hydrogen-bond acceptors (Lipinski definition) is 4. The quantitative estimate of drug-likeness (QED) is 0.540. The molecule has 2 heterocycles. The van der Waals surface area contributed by atoms with Crippen LogP contribution in [0.1, 0.15) is 5.56 Å². The molecule has 0 amide bonds. The molecule has 0 atom stereocenters. The molecule has 2 aromatic rings. The Morgan fingerprint density at radius 1 is 1.67 bits per heavy atom. The molecular weight excluding hydrogens is 158 g/mol. The number of aromatic amines is 1. The van der Waals surface area contributed by atoms with E-state index in [1.807, 2.05) is 0 Å². The molecule has 62 valence electrons. The van der Waals surface area contributed by atoms with Crippen LogP contribution >= 0.6 is 0 Å². The molecular formula is C6H7N5O. The van der Waals surface area contributed by atoms with Gasteiger partial charge in [-0.1, -0.05) is 0 Å². The van der Waals surface area contributed by atoms with Gasteiger partial charge in [0.2, 0.25) is 5.78 Å². The van der Waals surface area contributed by atoms with Crippen molar-refractivity contribution in [3.63, 3.8) is 0 Å². The van der Waals surface area contributed by atoms with Gasteiger partial charge in [-0.3, -0.25) is 9.78 Å². The van der Waals surface area contributed by atoms with Gasteiger partial charge in [0.1, 0.15) is 12.1 Å². The lowest BCUT2D eigenvalue weighted by Crippen LogP contribution is -2.16. The summed E-state index contributed by atoms with van der Waals surface area (Å²) in [5.74, 6) is 0.689. The van der Waals surface area contributed by atoms with E-state index in [4.69, 9.17) is 5.73 Å². The lowest BCUT2D eigenvalue weighted by Gasteiger charge is -1.99. The smallest absolute Gasteiger partial charge is 0.257 e. The van der Waals surface area contributed by atoms with Crippen LogP contribution in [-0.2, 0) is 0 Å². The Morgan fingerprint density at radius 3 is 3.17 bits per heavy atom. The minimum Gasteiger partial charge on any atom is -0.383 e. The molecule has 0 unspecified atom stereocenters. The second kappa shape index (κ2) is 2.07. The molecule has 0 aromatic carbocycles. The third-order valence-electron chi connectivity index (χ3n) is 1.73. The second-order valence-corrected chi connectivity index (χ2v) is 2.46. The van der Waals surface area contributed by atoms with E-state index in [0.29, 0.717) is 17.2 Å². The number of H-pyrrole nitrogens is 1. The fourth-order valence-electron chi connectivity index (χ4n) is 0.974. The number of aromatic nitrogens is 4. The van der Waals surface area contributed by atoms with Gasteiger partial charge in [-0.15, -0.1) is 0 Å². The standard InChI is InChI=1S/C6H7N5O/c1-3-4(7)11-6(8-2-9-11)10-5(3)12/h2H,7H2,1H3,(H,8,9,10,12). The average molecular weight is 165 g/mol. The Kier molecular flexibility index (Phi) is 1.18. The normalized spacial score (nSPS) is 10.8. The molecule has 0 spiro atoms. The van der Waals surface area contributed by atoms with Crippen molar-refractivity contribution in [1.29, 1.82) is 0 Å². The van der Waals surface area contributed by atoms with E-state index >= 15 is 0 Å². The van der Waals surface area contributed by atoms with Crippen LogP contribution in [0.25, 0.3) is 5.78 Å². The lowest BCUT2D eigenvalue weighted by molar-refractivity contribution is 0.930. The van der Waals surface area contributed by atoms with Gasteiger partial charge >= 0.3 is 0 Å². The third kappa shape index (κ3) is 0.714. The molecule has 0 saturated carbocycles. The van der Waals surface area contributed by atoms with Gasteiger partial charge in [0.05, 0.1) is 5.56 Å². The zero-order valence-corrected chi connectivity index (χ0v) is 6.40. The van der Waals surface area contributed by atoms with Crippen LogP contribution in [0.5, 0.6) is 0 Å². The highest BCUT2D eigenvalue weighted by atomic mass is 16.1. The SMILES string of the molecule is Cc1c(N)n2ncnc2[nH]c1=O. The van der Waals surface area contributed by atoms with Crippen LogP contribution in [0.2, 0.25) is 0 Å². The van der Waals surface area contributed by atoms with Crippen LogP contribution in [0.3, 0.4) is 0 Å². The van der Waals surface area contributed by atoms with Crippen molar-refractivity contribution in [2.24, 2.45) is 0 Å². The number of nitrogens with one attached hydrogen (secondary N) is 1. The molecule has 6 heteroatoms. The number of hydrogen-bond donors (Lipinski definition) is 2. The van der Waals surface area contributed by atoms with Crippen molar-refractivity contribution in [3.8, 4) is 0 Å². The average Bonchev–Trinajstić information content (AvgIpc) is 2.48. The Hall–Kier alpha value is -1.85. The van der Waals surface area contributed by atoms with E-state index in [1.54, 1.807) is 6.92 Å². The van der Waals surface area contributed by atoms with Gasteiger partial charge in [-0.05, 0) is 6.92 Å². The van der Waals surface area contributed by atoms with Crippen molar-refractivity contribution in [3.05, 3.63) is 22.2 Å². The molecule has 0 aliphatic rings. The minimum atomic E-state index is -0.229. The van der Waals surface area contributed by atoms with E-state index in [2.05, 4.69) is 15.1 Å². The van der Waals surface area contributed by atoms with E-state index in [0.717, 1.165) is 0 Å². The molecule has 0 fully saturated rings. The highest BCUT2D eigenvalue weighted by Crippen LogP contribution is 2.03. The monoisotopic (exact) mass is 165 g/mol. The zero-order valence-electron chi connectivity index (χ0n) is 6.40. The molecule has 2 aromatic heterocycles. The number of anilines is 1. The summed E-state index contributed by atoms with van der Waals surface area (Å²) in [6.45, 7) is 1.63. The number of nitrogens with zero attached hydrogens (tertiary/aromatic N) is 3. The van der Waals surface area contributed by atoms with Crippen LogP contribution in [0, 0.1) is 6.92 Å². The molecule has 12 heavy (non-hydrogen) atoms. The van der Waals surface area contributed by atoms with Crippen LogP contribution < -0.4 is 11.3 Å². The number of fused-ring (bicyclic) bond motifs is 1. The summed E-state index contributed by atoms with van der Waals surface area (Å²) in [6.07, 6.45) is 1.33. The third-order valence-corrected chi connectivity index (χ3v) is 1.73. The van der Waals surface area contributed by atoms with Crippen molar-refractivity contribution in [2.45, 2.75) is 6.92 Å². The van der Waals surface area contributed by atoms with Crippen molar-refractivity contribution in [1.82, 2.24) is 19.6 Å². The second-order valence-electron chi connectivity index (χ2n) is 2.46. The first kappa shape index (κ1) is 6.84. The molecule has 6 nitrogen and oxygen atoms in total. The Balaban J connectivity index is 3.04. The maximum absolute atomic E-state index is 11.1. The largest absolute Gasteiger partial charge is 0.383 e. The van der Waals surface area contributed by atoms with Crippen molar-refractivity contribution in [2.75, 3.05) is 5.73 Å². The summed E-state index contributed by atoms with van der Waals surface area (Å²) >= 11 is 0. The van der Waals surface area contributed by atoms with Gasteiger partial charge in [-0.2, -0.15) is 14.6 Å². The van der Waals surface area contributed by atoms with Gasteiger partial charge in [-0.25, -0.2) is 0 Å². The summed E-state index contributed by atoms with van der Waals surface area (Å²) in [5, 5.41) is 3.83. The van der Waals surface area contributed by atoms with Crippen molar-refractivity contribution < 1.29 is 0 Å². The van der Waals surface area contributed by atoms with Gasteiger partial charge in [0, 0.05) is 0 Å². The summed E-state index contributed by atoms with van der Waals surface area (Å²) in [4.78, 5) is 17.5. The Labute approximate surface area is 67.0 Å². The van der Waals surface area contributed by atoms with E-state index in [1.165, 1.54) is 10.8 Å². The molecule has 2 rings (SSSR count). The van der Waals surface area contributed by atoms with Gasteiger partial charge in [0.25, 0.3) is 5.56 Å². The fraction of sp³-hybridized carbons (Fsp3) is 0.167. The minimum absolute atomic E-state index is 0.229. The molecule has 0 bridgehead atoms. The van der Waals surface area contributed by atoms with E-state index in [-0.39, 0.29) is 5.56 Å². The number of rotatable bonds is 0. The van der Waals surface area contributed by atoms with Crippen LogP contribution in [0.4, 0.5) is 5.82 Å². The predicted molar refractivity (Wildman–Crippen MR) is 42.8 cm³/mol. The molecule has 0 saturated heterocycles. The summed E-state index contributed by atoms with van der Waals surface area (Å²) in [6, 6.07) is 0. The summed E-state index contributed by atoms with van der Waals surface area (Å²) < 4.78 is 1.39. The van der Waals surface area contributed by atoms with Gasteiger partial charge < -0.3 is 5.73 Å². The number of nitrogens with two attached hydrogens (primary N) is 1. The first-order valence-corrected chi connectivity index (χ1v) is 3.38. The highest BCUT2D eigenvalue weighted by molar-refractivity contribution is 5.44. The maximum Gasteiger partial charge on any atom is 0.257 e. The van der Waals surface area contributed by atoms with E-state index in [9.17, 15) is 4.79 Å². The maximum atomic E-state index is 11.1. The Bertz CT molecular complexity index is 482. The number of nitrogen functional groups attached to an aromatic ring is 1. The summed E-state index contributed by atoms with van der Waals surface area (Å²) in [5.41, 5.74) is 5.83. The van der Waals surface area contributed by atoms with Crippen LogP contribution in [0.15, 0.2) is 11.1 Å². The first-order chi connectivity index (χ1) is 5.70. The summed E-state index contributed by atoms with van der Waals surface area (Å²) in [7, 11) is 0. The zero-order chi connectivity index (χ0) is 8.72. The van der Waals surface area contributed by atoms with Gasteiger partial charge in [0.15, 0.2) is 0 Å². The van der Waals surface area contributed by atoms with Crippen LogP contribution in [-0.4, -0.2) is 19.6 Å². The molecule has 0 aliphatic carbocycles.